The molecule has 1 aromatic rings. The summed E-state index contributed by atoms with van der Waals surface area (Å²) in [7, 11) is 0. The molecule has 0 saturated carbocycles. The lowest BCUT2D eigenvalue weighted by Gasteiger charge is -2.11. The predicted molar refractivity (Wildman–Crippen MR) is 70.3 cm³/mol. The van der Waals surface area contributed by atoms with Crippen LogP contribution in [-0.2, 0) is 4.79 Å². The first-order chi connectivity index (χ1) is 7.00. The Morgan fingerprint density at radius 1 is 1.56 bits per heavy atom. The monoisotopic (exact) mass is 262 g/mol. The van der Waals surface area contributed by atoms with Gasteiger partial charge in [-0.15, -0.1) is 12.4 Å². The third kappa shape index (κ3) is 4.39. The van der Waals surface area contributed by atoms with E-state index in [-0.39, 0.29) is 24.4 Å². The van der Waals surface area contributed by atoms with Crippen molar-refractivity contribution in [3.63, 3.8) is 0 Å². The van der Waals surface area contributed by atoms with Crippen LogP contribution >= 0.6 is 24.0 Å². The van der Waals surface area contributed by atoms with Crippen LogP contribution < -0.4 is 11.1 Å². The molecular formula is C11H16Cl2N2O. The molecule has 3 nitrogen and oxygen atoms in total. The lowest BCUT2D eigenvalue weighted by Crippen LogP contribution is -2.24. The van der Waals surface area contributed by atoms with Gasteiger partial charge in [0.15, 0.2) is 0 Å². The number of nitrogens with one attached hydrogen (secondary N) is 1. The Labute approximate surface area is 107 Å². The number of rotatable bonds is 3. The topological polar surface area (TPSA) is 55.1 Å². The van der Waals surface area contributed by atoms with E-state index >= 15 is 0 Å². The van der Waals surface area contributed by atoms with Gasteiger partial charge in [0.1, 0.15) is 0 Å². The van der Waals surface area contributed by atoms with Gasteiger partial charge in [-0.3, -0.25) is 4.79 Å². The number of anilines is 1. The molecule has 0 heterocycles. The first kappa shape index (κ1) is 15.2. The molecule has 0 aliphatic carbocycles. The number of halogens is 2. The smallest absolute Gasteiger partial charge is 0.225 e. The average molecular weight is 263 g/mol. The molecule has 1 amide bonds. The molecule has 0 aliphatic heterocycles. The molecule has 0 fully saturated rings. The summed E-state index contributed by atoms with van der Waals surface area (Å²) in [5.41, 5.74) is 7.15. The van der Waals surface area contributed by atoms with Gasteiger partial charge in [-0.25, -0.2) is 0 Å². The molecule has 0 aromatic heterocycles. The third-order valence-corrected chi connectivity index (χ3v) is 2.31. The van der Waals surface area contributed by atoms with Crippen LogP contribution in [-0.4, -0.2) is 11.9 Å². The molecule has 16 heavy (non-hydrogen) atoms. The summed E-state index contributed by atoms with van der Waals surface area (Å²) < 4.78 is 0. The first-order valence-corrected chi connectivity index (χ1v) is 5.19. The van der Waals surface area contributed by atoms with Crippen LogP contribution in [0.4, 0.5) is 5.69 Å². The maximum absolute atomic E-state index is 11.5. The number of benzene rings is 1. The Morgan fingerprint density at radius 2 is 2.19 bits per heavy atom. The third-order valence-electron chi connectivity index (χ3n) is 1.99. The number of aryl methyl sites for hydroxylation is 1. The van der Waals surface area contributed by atoms with Crippen molar-refractivity contribution < 1.29 is 4.79 Å². The summed E-state index contributed by atoms with van der Waals surface area (Å²) in [6.45, 7) is 3.69. The van der Waals surface area contributed by atoms with Crippen LogP contribution in [0.5, 0.6) is 0 Å². The Hall–Kier alpha value is -0.770. The van der Waals surface area contributed by atoms with Crippen LogP contribution in [0.2, 0.25) is 5.02 Å². The number of hydrogen-bond donors (Lipinski definition) is 2. The van der Waals surface area contributed by atoms with Gasteiger partial charge in [0.25, 0.3) is 0 Å². The number of carbonyl (C=O) groups is 1. The van der Waals surface area contributed by atoms with Crippen molar-refractivity contribution >= 4 is 35.6 Å². The minimum absolute atomic E-state index is 0. The van der Waals surface area contributed by atoms with Gasteiger partial charge in [-0.1, -0.05) is 23.7 Å². The van der Waals surface area contributed by atoms with Gasteiger partial charge in [0.05, 0.1) is 10.7 Å². The second-order valence-electron chi connectivity index (χ2n) is 3.66. The molecular weight excluding hydrogens is 247 g/mol. The highest BCUT2D eigenvalue weighted by Gasteiger charge is 2.09. The lowest BCUT2D eigenvalue weighted by molar-refractivity contribution is -0.116. The SMILES string of the molecule is Cc1cccc(Cl)c1NC(=O)CC(C)N.Cl. The van der Waals surface area contributed by atoms with E-state index in [1.54, 1.807) is 13.0 Å². The van der Waals surface area contributed by atoms with Crippen LogP contribution in [0.25, 0.3) is 0 Å². The molecule has 0 aliphatic rings. The zero-order chi connectivity index (χ0) is 11.4. The van der Waals surface area contributed by atoms with E-state index in [0.29, 0.717) is 17.1 Å². The number of para-hydroxylation sites is 1. The number of nitrogens with two attached hydrogens (primary N) is 1. The maximum Gasteiger partial charge on any atom is 0.225 e. The molecule has 0 saturated heterocycles. The molecule has 1 aromatic carbocycles. The molecule has 90 valence electrons. The van der Waals surface area contributed by atoms with Crippen LogP contribution in [0, 0.1) is 6.92 Å². The zero-order valence-electron chi connectivity index (χ0n) is 9.29. The Kier molecular flexibility index (Phi) is 6.41. The molecule has 0 bridgehead atoms. The summed E-state index contributed by atoms with van der Waals surface area (Å²) in [4.78, 5) is 11.5. The number of amides is 1. The quantitative estimate of drug-likeness (QED) is 0.880. The molecule has 5 heteroatoms. The summed E-state index contributed by atoms with van der Waals surface area (Å²) in [5.74, 6) is -0.110. The molecule has 0 radical (unpaired) electrons. The Bertz CT molecular complexity index is 347. The second kappa shape index (κ2) is 6.74. The van der Waals surface area contributed by atoms with E-state index in [1.807, 2.05) is 19.1 Å². The lowest BCUT2D eigenvalue weighted by atomic mass is 10.2. The maximum atomic E-state index is 11.5. The summed E-state index contributed by atoms with van der Waals surface area (Å²) >= 11 is 5.96. The molecule has 0 spiro atoms. The number of carbonyl (C=O) groups excluding carboxylic acids is 1. The molecule has 1 rings (SSSR count). The van der Waals surface area contributed by atoms with E-state index in [0.717, 1.165) is 5.56 Å². The van der Waals surface area contributed by atoms with Gasteiger partial charge in [-0.05, 0) is 25.5 Å². The average Bonchev–Trinajstić information content (AvgIpc) is 2.10. The van der Waals surface area contributed by atoms with Gasteiger partial charge < -0.3 is 11.1 Å². The van der Waals surface area contributed by atoms with Crippen molar-refractivity contribution in [2.24, 2.45) is 5.73 Å². The van der Waals surface area contributed by atoms with E-state index in [9.17, 15) is 4.79 Å². The van der Waals surface area contributed by atoms with E-state index < -0.39 is 0 Å². The fraction of sp³-hybridized carbons (Fsp3) is 0.364. The highest BCUT2D eigenvalue weighted by atomic mass is 35.5. The highest BCUT2D eigenvalue weighted by molar-refractivity contribution is 6.33. The van der Waals surface area contributed by atoms with Crippen LogP contribution in [0.15, 0.2) is 18.2 Å². The van der Waals surface area contributed by atoms with E-state index in [4.69, 9.17) is 17.3 Å². The largest absolute Gasteiger partial charge is 0.327 e. The standard InChI is InChI=1S/C11H15ClN2O.ClH/c1-7-4-3-5-9(12)11(7)14-10(15)6-8(2)13;/h3-5,8H,6,13H2,1-2H3,(H,14,15);1H. The second-order valence-corrected chi connectivity index (χ2v) is 4.07. The molecule has 3 N–H and O–H groups in total. The van der Waals surface area contributed by atoms with Crippen molar-refractivity contribution in [3.8, 4) is 0 Å². The van der Waals surface area contributed by atoms with Gasteiger partial charge in [0, 0.05) is 12.5 Å². The minimum Gasteiger partial charge on any atom is -0.327 e. The van der Waals surface area contributed by atoms with E-state index in [1.165, 1.54) is 0 Å². The van der Waals surface area contributed by atoms with Crippen molar-refractivity contribution in [1.29, 1.82) is 0 Å². The Balaban J connectivity index is 0.00000225. The zero-order valence-corrected chi connectivity index (χ0v) is 10.9. The van der Waals surface area contributed by atoms with Gasteiger partial charge in [0.2, 0.25) is 5.91 Å². The molecule has 1 unspecified atom stereocenters. The summed E-state index contributed by atoms with van der Waals surface area (Å²) in [6.07, 6.45) is 0.296. The fourth-order valence-corrected chi connectivity index (χ4v) is 1.54. The van der Waals surface area contributed by atoms with Crippen molar-refractivity contribution in [2.75, 3.05) is 5.32 Å². The van der Waals surface area contributed by atoms with Crippen molar-refractivity contribution in [3.05, 3.63) is 28.8 Å². The highest BCUT2D eigenvalue weighted by Crippen LogP contribution is 2.25. The van der Waals surface area contributed by atoms with Gasteiger partial charge in [-0.2, -0.15) is 0 Å². The predicted octanol–water partition coefficient (Wildman–Crippen LogP) is 2.75. The fourth-order valence-electron chi connectivity index (χ4n) is 1.27. The number of hydrogen-bond acceptors (Lipinski definition) is 2. The first-order valence-electron chi connectivity index (χ1n) is 4.81. The minimum atomic E-state index is -0.146. The normalized spacial score (nSPS) is 11.5. The van der Waals surface area contributed by atoms with Crippen LogP contribution in [0.3, 0.4) is 0 Å². The van der Waals surface area contributed by atoms with Crippen molar-refractivity contribution in [2.45, 2.75) is 26.3 Å². The van der Waals surface area contributed by atoms with Gasteiger partial charge >= 0.3 is 0 Å². The molecule has 1 atom stereocenters. The Morgan fingerprint density at radius 3 is 2.69 bits per heavy atom. The van der Waals surface area contributed by atoms with Crippen LogP contribution in [0.1, 0.15) is 18.9 Å². The van der Waals surface area contributed by atoms with Crippen molar-refractivity contribution in [1.82, 2.24) is 0 Å². The summed E-state index contributed by atoms with van der Waals surface area (Å²) in [5, 5.41) is 3.31. The summed E-state index contributed by atoms with van der Waals surface area (Å²) in [6, 6.07) is 5.34. The van der Waals surface area contributed by atoms with E-state index in [2.05, 4.69) is 5.32 Å².